The smallest absolute Gasteiger partial charge is 0.224 e. The van der Waals surface area contributed by atoms with Gasteiger partial charge in [-0.2, -0.15) is 5.10 Å². The molecule has 15 heavy (non-hydrogen) atoms. The highest BCUT2D eigenvalue weighted by molar-refractivity contribution is 5.86. The van der Waals surface area contributed by atoms with E-state index in [1.807, 2.05) is 38.6 Å². The van der Waals surface area contributed by atoms with Crippen LogP contribution in [-0.4, -0.2) is 21.9 Å². The lowest BCUT2D eigenvalue weighted by atomic mass is 10.2. The van der Waals surface area contributed by atoms with Gasteiger partial charge in [0.05, 0.1) is 23.7 Å². The van der Waals surface area contributed by atoms with Gasteiger partial charge in [0.1, 0.15) is 0 Å². The first-order chi connectivity index (χ1) is 7.24. The van der Waals surface area contributed by atoms with E-state index in [4.69, 9.17) is 4.74 Å². The molecule has 0 aliphatic rings. The maximum Gasteiger partial charge on any atom is 0.224 e. The molecule has 0 unspecified atom stereocenters. The molecule has 2 rings (SSSR count). The molecule has 82 valence electrons. The molecule has 0 aliphatic carbocycles. The number of aromatic nitrogens is 3. The Hall–Kier alpha value is -1.58. The Kier molecular flexibility index (Phi) is 3.66. The Morgan fingerprint density at radius 3 is 2.60 bits per heavy atom. The van der Waals surface area contributed by atoms with Crippen LogP contribution in [-0.2, 0) is 7.05 Å². The number of pyridine rings is 1. The number of rotatable bonds is 1. The van der Waals surface area contributed by atoms with Crippen molar-refractivity contribution in [3.05, 3.63) is 18.0 Å². The molecule has 0 N–H and O–H groups in total. The van der Waals surface area contributed by atoms with Crippen LogP contribution in [0, 0.1) is 6.92 Å². The minimum atomic E-state index is 0.642. The highest BCUT2D eigenvalue weighted by Gasteiger charge is 2.10. The molecule has 0 atom stereocenters. The molecule has 0 saturated carbocycles. The number of ether oxygens (including phenoxy) is 1. The van der Waals surface area contributed by atoms with Crippen molar-refractivity contribution in [3.8, 4) is 5.88 Å². The van der Waals surface area contributed by atoms with E-state index < -0.39 is 0 Å². The second kappa shape index (κ2) is 4.77. The minimum Gasteiger partial charge on any atom is -0.480 e. The fraction of sp³-hybridized carbons (Fsp3) is 0.455. The van der Waals surface area contributed by atoms with Crippen molar-refractivity contribution in [1.29, 1.82) is 0 Å². The average molecular weight is 207 g/mol. The van der Waals surface area contributed by atoms with Crippen LogP contribution in [0.4, 0.5) is 0 Å². The molecule has 2 heterocycles. The largest absolute Gasteiger partial charge is 0.480 e. The number of hydrogen-bond acceptors (Lipinski definition) is 3. The SMILES string of the molecule is CC.COc1nccc2c1c(C)nn2C. The highest BCUT2D eigenvalue weighted by Crippen LogP contribution is 2.24. The lowest BCUT2D eigenvalue weighted by molar-refractivity contribution is 0.403. The van der Waals surface area contributed by atoms with Gasteiger partial charge in [0.25, 0.3) is 0 Å². The summed E-state index contributed by atoms with van der Waals surface area (Å²) in [6.07, 6.45) is 1.72. The Labute approximate surface area is 89.9 Å². The summed E-state index contributed by atoms with van der Waals surface area (Å²) in [6.45, 7) is 5.95. The Morgan fingerprint density at radius 2 is 2.00 bits per heavy atom. The van der Waals surface area contributed by atoms with Crippen molar-refractivity contribution in [3.63, 3.8) is 0 Å². The quantitative estimate of drug-likeness (QED) is 0.720. The van der Waals surface area contributed by atoms with E-state index >= 15 is 0 Å². The monoisotopic (exact) mass is 207 g/mol. The number of aryl methyl sites for hydroxylation is 2. The summed E-state index contributed by atoms with van der Waals surface area (Å²) in [6, 6.07) is 1.93. The van der Waals surface area contributed by atoms with Gasteiger partial charge in [-0.25, -0.2) is 4.98 Å². The molecule has 4 nitrogen and oxygen atoms in total. The third-order valence-electron chi connectivity index (χ3n) is 2.10. The first kappa shape index (κ1) is 11.5. The predicted octanol–water partition coefficient (Wildman–Crippen LogP) is 2.31. The molecule has 4 heteroatoms. The molecule has 0 fully saturated rings. The van der Waals surface area contributed by atoms with E-state index in [1.54, 1.807) is 13.3 Å². The van der Waals surface area contributed by atoms with Crippen LogP contribution in [0.2, 0.25) is 0 Å². The summed E-state index contributed by atoms with van der Waals surface area (Å²) in [5, 5.41) is 5.29. The molecule has 0 bridgehead atoms. The second-order valence-corrected chi connectivity index (χ2v) is 2.92. The Bertz CT molecular complexity index is 448. The maximum atomic E-state index is 5.16. The third-order valence-corrected chi connectivity index (χ3v) is 2.10. The Balaban J connectivity index is 0.000000531. The van der Waals surface area contributed by atoms with Crippen molar-refractivity contribution in [1.82, 2.24) is 14.8 Å². The van der Waals surface area contributed by atoms with Gasteiger partial charge < -0.3 is 4.74 Å². The van der Waals surface area contributed by atoms with Crippen LogP contribution in [0.15, 0.2) is 12.3 Å². The molecule has 0 aromatic carbocycles. The van der Waals surface area contributed by atoms with Crippen LogP contribution in [0.1, 0.15) is 19.5 Å². The van der Waals surface area contributed by atoms with Gasteiger partial charge in [0.2, 0.25) is 5.88 Å². The summed E-state index contributed by atoms with van der Waals surface area (Å²) in [5.74, 6) is 0.642. The van der Waals surface area contributed by atoms with Crippen LogP contribution in [0.25, 0.3) is 10.9 Å². The number of fused-ring (bicyclic) bond motifs is 1. The molecule has 2 aromatic heterocycles. The first-order valence-corrected chi connectivity index (χ1v) is 5.06. The van der Waals surface area contributed by atoms with Gasteiger partial charge in [-0.05, 0) is 13.0 Å². The van der Waals surface area contributed by atoms with Gasteiger partial charge in [0.15, 0.2) is 0 Å². The lowest BCUT2D eigenvalue weighted by Crippen LogP contribution is -1.90. The highest BCUT2D eigenvalue weighted by atomic mass is 16.5. The van der Waals surface area contributed by atoms with Gasteiger partial charge >= 0.3 is 0 Å². The zero-order chi connectivity index (χ0) is 11.4. The number of methoxy groups -OCH3 is 1. The molecule has 2 aromatic rings. The topological polar surface area (TPSA) is 39.9 Å². The summed E-state index contributed by atoms with van der Waals surface area (Å²) in [5.41, 5.74) is 1.99. The van der Waals surface area contributed by atoms with E-state index in [1.165, 1.54) is 0 Å². The van der Waals surface area contributed by atoms with Gasteiger partial charge in [-0.15, -0.1) is 0 Å². The van der Waals surface area contributed by atoms with Crippen LogP contribution >= 0.6 is 0 Å². The van der Waals surface area contributed by atoms with Crippen molar-refractivity contribution >= 4 is 10.9 Å². The molecule has 0 amide bonds. The first-order valence-electron chi connectivity index (χ1n) is 5.06. The number of hydrogen-bond donors (Lipinski definition) is 0. The fourth-order valence-electron chi connectivity index (χ4n) is 1.53. The van der Waals surface area contributed by atoms with Crippen LogP contribution in [0.3, 0.4) is 0 Å². The molecule has 0 saturated heterocycles. The fourth-order valence-corrected chi connectivity index (χ4v) is 1.53. The summed E-state index contributed by atoms with van der Waals surface area (Å²) >= 11 is 0. The van der Waals surface area contributed by atoms with Crippen molar-refractivity contribution in [2.45, 2.75) is 20.8 Å². The van der Waals surface area contributed by atoms with E-state index in [-0.39, 0.29) is 0 Å². The standard InChI is InChI=1S/C9H11N3O.C2H6/c1-6-8-7(12(2)11-6)4-5-10-9(8)13-3;1-2/h4-5H,1-3H3;1-2H3. The van der Waals surface area contributed by atoms with Crippen molar-refractivity contribution in [2.75, 3.05) is 7.11 Å². The summed E-state index contributed by atoms with van der Waals surface area (Å²) in [7, 11) is 3.53. The van der Waals surface area contributed by atoms with Gasteiger partial charge in [0, 0.05) is 13.2 Å². The van der Waals surface area contributed by atoms with Crippen molar-refractivity contribution in [2.24, 2.45) is 7.05 Å². The molecule has 0 aliphatic heterocycles. The molecular weight excluding hydrogens is 190 g/mol. The minimum absolute atomic E-state index is 0.642. The third kappa shape index (κ3) is 1.93. The summed E-state index contributed by atoms with van der Waals surface area (Å²) in [4.78, 5) is 4.12. The summed E-state index contributed by atoms with van der Waals surface area (Å²) < 4.78 is 6.99. The Morgan fingerprint density at radius 1 is 1.33 bits per heavy atom. The van der Waals surface area contributed by atoms with E-state index in [2.05, 4.69) is 10.1 Å². The maximum absolute atomic E-state index is 5.16. The van der Waals surface area contributed by atoms with Gasteiger partial charge in [-0.1, -0.05) is 13.8 Å². The number of nitrogens with zero attached hydrogens (tertiary/aromatic N) is 3. The second-order valence-electron chi connectivity index (χ2n) is 2.92. The van der Waals surface area contributed by atoms with Crippen LogP contribution < -0.4 is 4.74 Å². The lowest BCUT2D eigenvalue weighted by Gasteiger charge is -1.99. The average Bonchev–Trinajstić information content (AvgIpc) is 2.58. The predicted molar refractivity (Wildman–Crippen MR) is 61.1 cm³/mol. The normalized spacial score (nSPS) is 9.67. The van der Waals surface area contributed by atoms with Crippen LogP contribution in [0.5, 0.6) is 5.88 Å². The molecule has 0 spiro atoms. The molecule has 0 radical (unpaired) electrons. The zero-order valence-electron chi connectivity index (χ0n) is 9.90. The van der Waals surface area contributed by atoms with E-state index in [9.17, 15) is 0 Å². The van der Waals surface area contributed by atoms with E-state index in [0.29, 0.717) is 5.88 Å². The zero-order valence-corrected chi connectivity index (χ0v) is 9.90. The van der Waals surface area contributed by atoms with Crippen molar-refractivity contribution < 1.29 is 4.74 Å². The van der Waals surface area contributed by atoms with Gasteiger partial charge in [-0.3, -0.25) is 4.68 Å². The van der Waals surface area contributed by atoms with E-state index in [0.717, 1.165) is 16.6 Å². The molecular formula is C11H17N3O.